The predicted molar refractivity (Wildman–Crippen MR) is 119 cm³/mol. The largest absolute Gasteiger partial charge is 0.382 e. The fraction of sp³-hybridized carbons (Fsp3) is 0.381. The highest BCUT2D eigenvalue weighted by molar-refractivity contribution is 7.95. The summed E-state index contributed by atoms with van der Waals surface area (Å²) >= 11 is 7.05. The summed E-state index contributed by atoms with van der Waals surface area (Å²) in [5.74, 6) is -0.351. The lowest BCUT2D eigenvalue weighted by Gasteiger charge is -2.06. The summed E-state index contributed by atoms with van der Waals surface area (Å²) in [5.41, 5.74) is 1.83. The van der Waals surface area contributed by atoms with Crippen LogP contribution in [0.3, 0.4) is 0 Å². The Hall–Kier alpha value is -1.80. The molecule has 30 heavy (non-hydrogen) atoms. The van der Waals surface area contributed by atoms with Crippen molar-refractivity contribution < 1.29 is 32.5 Å². The Bertz CT molecular complexity index is 675. The van der Waals surface area contributed by atoms with Crippen molar-refractivity contribution in [3.8, 4) is 0 Å². The Morgan fingerprint density at radius 1 is 0.833 bits per heavy atom. The van der Waals surface area contributed by atoms with Gasteiger partial charge in [-0.3, -0.25) is 23.5 Å². The summed E-state index contributed by atoms with van der Waals surface area (Å²) in [6.45, 7) is 2.24. The van der Waals surface area contributed by atoms with E-state index in [0.717, 1.165) is 23.4 Å². The van der Waals surface area contributed by atoms with Crippen molar-refractivity contribution in [2.75, 3.05) is 0 Å². The number of aryl methyl sites for hydroxylation is 1. The van der Waals surface area contributed by atoms with Crippen molar-refractivity contribution in [1.82, 2.24) is 0 Å². The van der Waals surface area contributed by atoms with Gasteiger partial charge in [-0.25, -0.2) is 4.79 Å². The third-order valence-electron chi connectivity index (χ3n) is 4.05. The highest BCUT2D eigenvalue weighted by Crippen LogP contribution is 2.28. The standard InChI is InChI=1S/C21H25ClO2S.5FH/c1-2-3-4-5-6-7-10-17-13-15-18(16-14-17)21(23)24-25-20-12-9-8-11-19(20)22;;;;;/h8-9,11-16H,2-7,10H2,1H3;5*1H. The number of carbonyl (C=O) groups is 1. The summed E-state index contributed by atoms with van der Waals surface area (Å²) in [5, 5.41) is 0.578. The number of halogens is 6. The minimum absolute atomic E-state index is 0. The first-order valence-electron chi connectivity index (χ1n) is 8.93. The molecule has 0 fully saturated rings. The molecule has 174 valence electrons. The van der Waals surface area contributed by atoms with Crippen molar-refractivity contribution in [2.24, 2.45) is 0 Å². The van der Waals surface area contributed by atoms with E-state index in [1.54, 1.807) is 6.07 Å². The molecule has 0 aromatic heterocycles. The average molecular weight is 477 g/mol. The van der Waals surface area contributed by atoms with Crippen molar-refractivity contribution >= 4 is 29.6 Å². The van der Waals surface area contributed by atoms with Crippen LogP contribution in [0.5, 0.6) is 0 Å². The molecule has 0 aliphatic heterocycles. The summed E-state index contributed by atoms with van der Waals surface area (Å²) in [4.78, 5) is 12.8. The number of hydrogen-bond acceptors (Lipinski definition) is 3. The molecule has 9 heteroatoms. The maximum atomic E-state index is 12.1. The molecule has 0 N–H and O–H groups in total. The second kappa shape index (κ2) is 20.5. The number of unbranched alkanes of at least 4 members (excludes halogenated alkanes) is 5. The molecule has 0 aliphatic carbocycles. The zero-order valence-corrected chi connectivity index (χ0v) is 18.3. The normalized spacial score (nSPS) is 8.87. The Labute approximate surface area is 183 Å². The van der Waals surface area contributed by atoms with Gasteiger partial charge in [0.2, 0.25) is 0 Å². The predicted octanol–water partition coefficient (Wildman–Crippen LogP) is 7.87. The molecule has 0 radical (unpaired) electrons. The maximum Gasteiger partial charge on any atom is 0.350 e. The van der Waals surface area contributed by atoms with E-state index >= 15 is 0 Å². The molecule has 2 nitrogen and oxygen atoms in total. The Morgan fingerprint density at radius 2 is 1.40 bits per heavy atom. The number of carbonyl (C=O) groups excluding carboxylic acids is 1. The number of rotatable bonds is 10. The zero-order valence-electron chi connectivity index (χ0n) is 16.7. The molecule has 0 amide bonds. The number of hydrogen-bond donors (Lipinski definition) is 0. The highest BCUT2D eigenvalue weighted by atomic mass is 35.5. The fourth-order valence-electron chi connectivity index (χ4n) is 2.56. The van der Waals surface area contributed by atoms with Crippen molar-refractivity contribution in [2.45, 2.75) is 56.8 Å². The van der Waals surface area contributed by atoms with Crippen molar-refractivity contribution in [3.05, 3.63) is 64.7 Å². The van der Waals surface area contributed by atoms with Gasteiger partial charge in [-0.2, -0.15) is 0 Å². The van der Waals surface area contributed by atoms with E-state index in [0.29, 0.717) is 10.6 Å². The van der Waals surface area contributed by atoms with Gasteiger partial charge in [-0.1, -0.05) is 74.9 Å². The monoisotopic (exact) mass is 476 g/mol. The van der Waals surface area contributed by atoms with E-state index in [4.69, 9.17) is 15.8 Å². The van der Waals surface area contributed by atoms with Gasteiger partial charge in [0.1, 0.15) is 0 Å². The van der Waals surface area contributed by atoms with Crippen LogP contribution >= 0.6 is 23.6 Å². The van der Waals surface area contributed by atoms with E-state index in [9.17, 15) is 4.79 Å². The summed E-state index contributed by atoms with van der Waals surface area (Å²) in [6, 6.07) is 15.0. The summed E-state index contributed by atoms with van der Waals surface area (Å²) in [6.07, 6.45) is 8.82. The van der Waals surface area contributed by atoms with Crippen LogP contribution in [0.1, 0.15) is 61.4 Å². The Kier molecular flexibility index (Phi) is 24.3. The van der Waals surface area contributed by atoms with Crippen LogP contribution in [0, 0.1) is 0 Å². The van der Waals surface area contributed by atoms with Crippen LogP contribution in [0.15, 0.2) is 53.4 Å². The first-order valence-corrected chi connectivity index (χ1v) is 10.0. The van der Waals surface area contributed by atoms with Crippen LogP contribution in [0.4, 0.5) is 23.5 Å². The third kappa shape index (κ3) is 12.7. The van der Waals surface area contributed by atoms with Gasteiger partial charge >= 0.3 is 5.97 Å². The first-order chi connectivity index (χ1) is 12.2. The molecule has 2 aromatic carbocycles. The lowest BCUT2D eigenvalue weighted by molar-refractivity contribution is 0.0768. The minimum Gasteiger partial charge on any atom is -0.382 e. The molecular weight excluding hydrogens is 447 g/mol. The number of benzene rings is 2. The summed E-state index contributed by atoms with van der Waals surface area (Å²) in [7, 11) is 0. The third-order valence-corrected chi connectivity index (χ3v) is 5.26. The van der Waals surface area contributed by atoms with Crippen LogP contribution < -0.4 is 0 Å². The van der Waals surface area contributed by atoms with E-state index in [1.165, 1.54) is 44.1 Å². The smallest absolute Gasteiger partial charge is 0.350 e. The lowest BCUT2D eigenvalue weighted by atomic mass is 10.0. The van der Waals surface area contributed by atoms with E-state index in [2.05, 4.69) is 6.92 Å². The Balaban J connectivity index is -0.000000676. The molecule has 0 unspecified atom stereocenters. The van der Waals surface area contributed by atoms with Gasteiger partial charge in [0.05, 0.1) is 27.5 Å². The fourth-order valence-corrected chi connectivity index (χ4v) is 3.33. The molecular formula is C21H30ClF5O2S. The topological polar surface area (TPSA) is 26.3 Å². The second-order valence-corrected chi connectivity index (χ2v) is 7.28. The van der Waals surface area contributed by atoms with Crippen LogP contribution in [-0.2, 0) is 10.6 Å². The van der Waals surface area contributed by atoms with Crippen molar-refractivity contribution in [1.29, 1.82) is 0 Å². The van der Waals surface area contributed by atoms with Gasteiger partial charge in [0.25, 0.3) is 0 Å². The minimum atomic E-state index is -0.351. The first kappa shape index (κ1) is 35.6. The molecule has 2 rings (SSSR count). The quantitative estimate of drug-likeness (QED) is 0.198. The molecule has 0 heterocycles. The van der Waals surface area contributed by atoms with Gasteiger partial charge in [0, 0.05) is 0 Å². The van der Waals surface area contributed by atoms with Crippen LogP contribution in [-0.4, -0.2) is 5.97 Å². The summed E-state index contributed by atoms with van der Waals surface area (Å²) < 4.78 is 5.26. The molecule has 0 spiro atoms. The molecule has 0 bridgehead atoms. The SMILES string of the molecule is CCCCCCCCc1ccc(C(=O)OSc2ccccc2Cl)cc1.F.F.F.F.F. The molecule has 0 saturated heterocycles. The lowest BCUT2D eigenvalue weighted by Crippen LogP contribution is -2.00. The highest BCUT2D eigenvalue weighted by Gasteiger charge is 2.10. The Morgan fingerprint density at radius 3 is 2.00 bits per heavy atom. The molecule has 0 aliphatic rings. The molecule has 0 saturated carbocycles. The van der Waals surface area contributed by atoms with E-state index < -0.39 is 0 Å². The van der Waals surface area contributed by atoms with Gasteiger partial charge < -0.3 is 4.18 Å². The van der Waals surface area contributed by atoms with Gasteiger partial charge in [-0.05, 0) is 42.7 Å². The second-order valence-electron chi connectivity index (χ2n) is 6.10. The average Bonchev–Trinajstić information content (AvgIpc) is 2.64. The van der Waals surface area contributed by atoms with E-state index in [-0.39, 0.29) is 29.5 Å². The van der Waals surface area contributed by atoms with Crippen molar-refractivity contribution in [3.63, 3.8) is 0 Å². The van der Waals surface area contributed by atoms with Crippen LogP contribution in [0.25, 0.3) is 0 Å². The molecule has 2 aromatic rings. The maximum absolute atomic E-state index is 12.1. The van der Waals surface area contributed by atoms with E-state index in [1.807, 2.05) is 42.5 Å². The molecule has 0 atom stereocenters. The van der Waals surface area contributed by atoms with Gasteiger partial charge in [0.15, 0.2) is 0 Å². The van der Waals surface area contributed by atoms with Crippen LogP contribution in [0.2, 0.25) is 5.02 Å². The van der Waals surface area contributed by atoms with Gasteiger partial charge in [-0.15, -0.1) is 0 Å². The zero-order chi connectivity index (χ0) is 17.9.